The van der Waals surface area contributed by atoms with Crippen LogP contribution in [0.25, 0.3) is 88.6 Å². The third-order valence-corrected chi connectivity index (χ3v) is 19.7. The average molecular weight is 1310 g/mol. The smallest absolute Gasteiger partial charge is 0.232 e. The zero-order valence-corrected chi connectivity index (χ0v) is 61.7. The van der Waals surface area contributed by atoms with Crippen LogP contribution in [0, 0.1) is 112 Å². The Labute approximate surface area is 572 Å². The molecule has 12 aromatic rings. The van der Waals surface area contributed by atoms with Crippen LogP contribution in [0.2, 0.25) is 0 Å². The van der Waals surface area contributed by atoms with Gasteiger partial charge in [0.25, 0.3) is 25.3 Å². The monoisotopic (exact) mass is 1310 g/mol. The van der Waals surface area contributed by atoms with E-state index in [1.165, 1.54) is 22.3 Å². The standard InChI is InChI=1S/C22H26FN2.3C21H24FN2/c1-13(2)10-17-8-7-9-18-21(17)24-12-25(6)22(18)19-11-14(3)20(23)16(5)15(19)4;1-12(2)16-7-8-19-18(10-16)21(24(6)11-23-19)17-9-13(3)20(22)15(5)14(17)4;1-12(2)16-7-8-17-19(10-16)23-11-24(6)21(17)18-9-13(3)20(22)15(5)14(18)4;1-12(2)16-8-7-9-17-20(16)23-11-24(6)21(17)18-10-13(3)19(22)15(5)14(18)4/h7-9,11-13H,10H2,1-6H3;3*7-12H,1-6H3/q4*+1. The predicted molar refractivity (Wildman–Crippen MR) is 391 cm³/mol. The second kappa shape index (κ2) is 29.3. The topological polar surface area (TPSA) is 67.1 Å². The van der Waals surface area contributed by atoms with Crippen molar-refractivity contribution in [3.05, 3.63) is 235 Å². The molecular formula is C85H98F4N8+4. The number of nitrogens with zero attached hydrogens (tertiary/aromatic N) is 8. The number of halogens is 4. The molecule has 0 unspecified atom stereocenters. The quantitative estimate of drug-likeness (QED) is 0.107. The van der Waals surface area contributed by atoms with Crippen molar-refractivity contribution in [3.63, 3.8) is 0 Å². The highest BCUT2D eigenvalue weighted by molar-refractivity contribution is 5.96. The van der Waals surface area contributed by atoms with Crippen molar-refractivity contribution in [2.24, 2.45) is 34.1 Å². The Morgan fingerprint density at radius 1 is 0.330 bits per heavy atom. The summed E-state index contributed by atoms with van der Waals surface area (Å²) in [7, 11) is 7.99. The van der Waals surface area contributed by atoms with Crippen molar-refractivity contribution in [2.75, 3.05) is 0 Å². The molecule has 0 fully saturated rings. The largest absolute Gasteiger partial charge is 0.287 e. The number of benzene rings is 8. The van der Waals surface area contributed by atoms with Gasteiger partial charge in [-0.05, 0) is 272 Å². The first-order valence-electron chi connectivity index (χ1n) is 33.9. The number of aromatic nitrogens is 8. The Bertz CT molecular complexity index is 4970. The van der Waals surface area contributed by atoms with Crippen molar-refractivity contribution >= 4 is 43.6 Å². The van der Waals surface area contributed by atoms with Crippen LogP contribution in [0.1, 0.15) is 162 Å². The zero-order chi connectivity index (χ0) is 71.1. The Morgan fingerprint density at radius 3 is 1.09 bits per heavy atom. The molecule has 12 heteroatoms. The minimum absolute atomic E-state index is 0.109. The van der Waals surface area contributed by atoms with Gasteiger partial charge < -0.3 is 0 Å². The summed E-state index contributed by atoms with van der Waals surface area (Å²) in [4.78, 5) is 18.5. The molecule has 0 saturated carbocycles. The summed E-state index contributed by atoms with van der Waals surface area (Å²) < 4.78 is 65.2. The molecule has 0 N–H and O–H groups in total. The van der Waals surface area contributed by atoms with Gasteiger partial charge in [0.1, 0.15) is 46.0 Å². The molecule has 8 aromatic carbocycles. The van der Waals surface area contributed by atoms with Crippen LogP contribution in [0.5, 0.6) is 0 Å². The lowest BCUT2D eigenvalue weighted by Crippen LogP contribution is -2.32. The van der Waals surface area contributed by atoms with Gasteiger partial charge in [-0.15, -0.1) is 0 Å². The van der Waals surface area contributed by atoms with E-state index in [1.54, 1.807) is 0 Å². The van der Waals surface area contributed by atoms with Crippen LogP contribution >= 0.6 is 0 Å². The third kappa shape index (κ3) is 14.3. The van der Waals surface area contributed by atoms with Crippen LogP contribution in [0.4, 0.5) is 17.6 Å². The summed E-state index contributed by atoms with van der Waals surface area (Å²) in [5.41, 5.74) is 27.2. The predicted octanol–water partition coefficient (Wildman–Crippen LogP) is 19.7. The maximum absolute atomic E-state index is 14.3. The first kappa shape index (κ1) is 72.1. The van der Waals surface area contributed by atoms with Gasteiger partial charge in [-0.1, -0.05) is 91.8 Å². The lowest BCUT2D eigenvalue weighted by Gasteiger charge is -2.14. The van der Waals surface area contributed by atoms with Crippen molar-refractivity contribution in [1.82, 2.24) is 19.9 Å². The van der Waals surface area contributed by atoms with E-state index in [9.17, 15) is 17.6 Å². The van der Waals surface area contributed by atoms with Crippen LogP contribution in [-0.4, -0.2) is 19.9 Å². The molecule has 0 saturated heterocycles. The Morgan fingerprint density at radius 2 is 0.680 bits per heavy atom. The Balaban J connectivity index is 0.000000152. The second-order valence-electron chi connectivity index (χ2n) is 28.2. The van der Waals surface area contributed by atoms with E-state index in [0.717, 1.165) is 134 Å². The molecule has 0 bridgehead atoms. The summed E-state index contributed by atoms with van der Waals surface area (Å²) in [6, 6.07) is 33.4. The van der Waals surface area contributed by atoms with Gasteiger partial charge in [0.05, 0.1) is 49.7 Å². The molecule has 4 heterocycles. The fraction of sp³-hybridized carbons (Fsp3) is 0.341. The van der Waals surface area contributed by atoms with Crippen LogP contribution < -0.4 is 18.3 Å². The number of aryl methyl sites for hydroxylation is 8. The van der Waals surface area contributed by atoms with Gasteiger partial charge in [-0.3, -0.25) is 0 Å². The molecule has 0 aliphatic carbocycles. The summed E-state index contributed by atoms with van der Waals surface area (Å²) in [6.45, 7) is 40.2. The highest BCUT2D eigenvalue weighted by atomic mass is 19.1. The van der Waals surface area contributed by atoms with E-state index < -0.39 is 0 Å². The Kier molecular flexibility index (Phi) is 21.8. The fourth-order valence-electron chi connectivity index (χ4n) is 13.4. The minimum atomic E-state index is -0.112. The van der Waals surface area contributed by atoms with E-state index in [0.29, 0.717) is 51.5 Å². The van der Waals surface area contributed by atoms with Gasteiger partial charge in [0, 0.05) is 33.4 Å². The molecule has 0 aliphatic rings. The van der Waals surface area contributed by atoms with Crippen LogP contribution in [0.3, 0.4) is 0 Å². The third-order valence-electron chi connectivity index (χ3n) is 19.7. The molecule has 0 amide bonds. The molecule has 0 radical (unpaired) electrons. The van der Waals surface area contributed by atoms with Gasteiger partial charge in [0.2, 0.25) is 0 Å². The highest BCUT2D eigenvalue weighted by Gasteiger charge is 2.27. The molecule has 4 aromatic heterocycles. The minimum Gasteiger partial charge on any atom is -0.232 e. The van der Waals surface area contributed by atoms with Crippen LogP contribution in [-0.2, 0) is 34.6 Å². The number of hydrogen-bond acceptors (Lipinski definition) is 4. The number of para-hydroxylation sites is 2. The van der Waals surface area contributed by atoms with E-state index in [4.69, 9.17) is 4.98 Å². The molecule has 502 valence electrons. The summed E-state index contributed by atoms with van der Waals surface area (Å²) in [5, 5.41) is 4.44. The first-order chi connectivity index (χ1) is 45.7. The number of fused-ring (bicyclic) bond motifs is 4. The lowest BCUT2D eigenvalue weighted by atomic mass is 9.93. The van der Waals surface area contributed by atoms with Gasteiger partial charge >= 0.3 is 0 Å². The Hall–Kier alpha value is -9.16. The van der Waals surface area contributed by atoms with Crippen molar-refractivity contribution in [1.29, 1.82) is 0 Å². The van der Waals surface area contributed by atoms with E-state index >= 15 is 0 Å². The van der Waals surface area contributed by atoms with Gasteiger partial charge in [-0.25, -0.2) is 35.8 Å². The van der Waals surface area contributed by atoms with E-state index in [2.05, 4.69) is 143 Å². The summed E-state index contributed by atoms with van der Waals surface area (Å²) in [6.07, 6.45) is 8.40. The zero-order valence-electron chi connectivity index (χ0n) is 61.7. The highest BCUT2D eigenvalue weighted by Crippen LogP contribution is 2.38. The maximum Gasteiger partial charge on any atom is 0.287 e. The summed E-state index contributed by atoms with van der Waals surface area (Å²) >= 11 is 0. The number of rotatable bonds is 9. The van der Waals surface area contributed by atoms with Crippen molar-refractivity contribution in [3.8, 4) is 45.0 Å². The van der Waals surface area contributed by atoms with Gasteiger partial charge in [0.15, 0.2) is 22.1 Å². The van der Waals surface area contributed by atoms with E-state index in [-0.39, 0.29) is 23.3 Å². The normalized spacial score (nSPS) is 11.5. The van der Waals surface area contributed by atoms with Gasteiger partial charge in [-0.2, -0.15) is 0 Å². The second-order valence-corrected chi connectivity index (χ2v) is 28.2. The molecule has 12 rings (SSSR count). The molecule has 0 spiro atoms. The molecule has 0 aliphatic heterocycles. The number of hydrogen-bond donors (Lipinski definition) is 0. The average Bonchev–Trinajstić information content (AvgIpc) is 0.781. The van der Waals surface area contributed by atoms with Crippen molar-refractivity contribution < 1.29 is 35.8 Å². The molecule has 8 nitrogen and oxygen atoms in total. The summed E-state index contributed by atoms with van der Waals surface area (Å²) in [5.74, 6) is 1.44. The fourth-order valence-corrected chi connectivity index (χ4v) is 13.4. The van der Waals surface area contributed by atoms with E-state index in [1.807, 2.05) is 179 Å². The lowest BCUT2D eigenvalue weighted by molar-refractivity contribution is -0.662. The first-order valence-corrected chi connectivity index (χ1v) is 33.9. The van der Waals surface area contributed by atoms with Crippen LogP contribution in [0.15, 0.2) is 122 Å². The SMILES string of the molecule is Cc1cc(-c2c3cc(C(C)C)ccc3nc[n+]2C)c(C)c(C)c1F.Cc1cc(-c2c3ccc(C(C)C)cc3nc[n+]2C)c(C)c(C)c1F.Cc1cc(-c2c3cccc(C(C)C)c3nc[n+]2C)c(C)c(C)c1F.Cc1cc(-c2c3cccc(CC(C)C)c3nc[n+]2C)c(C)c(C)c1F. The molecular weight excluding hydrogens is 1210 g/mol. The molecule has 0 atom stereocenters. The van der Waals surface area contributed by atoms with Crippen molar-refractivity contribution in [2.45, 2.75) is 163 Å². The maximum atomic E-state index is 14.3. The molecule has 97 heavy (non-hydrogen) atoms.